The molecule has 92 valence electrons. The van der Waals surface area contributed by atoms with Gasteiger partial charge in [0.15, 0.2) is 0 Å². The summed E-state index contributed by atoms with van der Waals surface area (Å²) < 4.78 is 5.51. The van der Waals surface area contributed by atoms with Crippen molar-refractivity contribution in [1.29, 1.82) is 0 Å². The first kappa shape index (κ1) is 11.3. The van der Waals surface area contributed by atoms with Gasteiger partial charge in [0.05, 0.1) is 6.61 Å². The molecule has 1 unspecified atom stereocenters. The maximum Gasteiger partial charge on any atom is 0.122 e. The van der Waals surface area contributed by atoms with Crippen molar-refractivity contribution in [3.05, 3.63) is 65.2 Å². The van der Waals surface area contributed by atoms with Crippen molar-refractivity contribution in [2.45, 2.75) is 18.9 Å². The van der Waals surface area contributed by atoms with Crippen LogP contribution < -0.4 is 10.5 Å². The van der Waals surface area contributed by atoms with E-state index in [2.05, 4.69) is 30.3 Å². The Hall–Kier alpha value is -1.80. The van der Waals surface area contributed by atoms with E-state index in [0.29, 0.717) is 0 Å². The van der Waals surface area contributed by atoms with E-state index in [-0.39, 0.29) is 6.04 Å². The van der Waals surface area contributed by atoms with Crippen molar-refractivity contribution >= 4 is 0 Å². The average molecular weight is 239 g/mol. The Bertz CT molecular complexity index is 536. The molecule has 0 radical (unpaired) electrons. The summed E-state index contributed by atoms with van der Waals surface area (Å²) in [5.74, 6) is 1.03. The Labute approximate surface area is 107 Å². The number of rotatable bonds is 3. The van der Waals surface area contributed by atoms with E-state index in [9.17, 15) is 0 Å². The average Bonchev–Trinajstić information content (AvgIpc) is 2.87. The molecule has 0 fully saturated rings. The third-order valence-corrected chi connectivity index (χ3v) is 3.44. The summed E-state index contributed by atoms with van der Waals surface area (Å²) in [6, 6.07) is 16.7. The largest absolute Gasteiger partial charge is 0.493 e. The SMILES string of the molecule is NC(Cc1ccc2c(c1)CCO2)c1ccccc1. The van der Waals surface area contributed by atoms with Crippen LogP contribution in [0.1, 0.15) is 22.7 Å². The molecular weight excluding hydrogens is 222 g/mol. The van der Waals surface area contributed by atoms with E-state index in [4.69, 9.17) is 10.5 Å². The minimum atomic E-state index is 0.0616. The highest BCUT2D eigenvalue weighted by Crippen LogP contribution is 2.27. The quantitative estimate of drug-likeness (QED) is 0.894. The molecule has 2 nitrogen and oxygen atoms in total. The molecule has 2 heteroatoms. The van der Waals surface area contributed by atoms with Gasteiger partial charge in [-0.3, -0.25) is 0 Å². The lowest BCUT2D eigenvalue weighted by molar-refractivity contribution is 0.357. The molecule has 3 rings (SSSR count). The predicted octanol–water partition coefficient (Wildman–Crippen LogP) is 2.86. The molecular formula is C16H17NO. The smallest absolute Gasteiger partial charge is 0.122 e. The molecule has 0 saturated heterocycles. The zero-order valence-electron chi connectivity index (χ0n) is 10.3. The number of benzene rings is 2. The molecule has 0 spiro atoms. The third-order valence-electron chi connectivity index (χ3n) is 3.44. The van der Waals surface area contributed by atoms with Gasteiger partial charge in [-0.1, -0.05) is 42.5 Å². The lowest BCUT2D eigenvalue weighted by Crippen LogP contribution is -2.13. The molecule has 2 aromatic rings. The second-order valence-corrected chi connectivity index (χ2v) is 4.76. The van der Waals surface area contributed by atoms with E-state index in [0.717, 1.165) is 25.2 Å². The normalized spacial score (nSPS) is 14.9. The molecule has 0 amide bonds. The highest BCUT2D eigenvalue weighted by molar-refractivity contribution is 5.40. The van der Waals surface area contributed by atoms with Gasteiger partial charge in [0.1, 0.15) is 5.75 Å². The Morgan fingerprint density at radius 1 is 1.11 bits per heavy atom. The molecule has 0 aliphatic carbocycles. The van der Waals surface area contributed by atoms with E-state index >= 15 is 0 Å². The van der Waals surface area contributed by atoms with Crippen molar-refractivity contribution in [1.82, 2.24) is 0 Å². The Balaban J connectivity index is 1.77. The number of hydrogen-bond acceptors (Lipinski definition) is 2. The van der Waals surface area contributed by atoms with Crippen LogP contribution in [0.2, 0.25) is 0 Å². The van der Waals surface area contributed by atoms with Crippen molar-refractivity contribution in [3.63, 3.8) is 0 Å². The van der Waals surface area contributed by atoms with Crippen LogP contribution in [-0.4, -0.2) is 6.61 Å². The Morgan fingerprint density at radius 2 is 1.94 bits per heavy atom. The summed E-state index contributed by atoms with van der Waals surface area (Å²) in [5, 5.41) is 0. The van der Waals surface area contributed by atoms with E-state index in [1.807, 2.05) is 18.2 Å². The van der Waals surface area contributed by atoms with Gasteiger partial charge in [0.25, 0.3) is 0 Å². The fourth-order valence-corrected chi connectivity index (χ4v) is 2.44. The molecule has 0 saturated carbocycles. The van der Waals surface area contributed by atoms with Crippen LogP contribution in [0, 0.1) is 0 Å². The van der Waals surface area contributed by atoms with E-state index in [1.54, 1.807) is 0 Å². The first-order chi connectivity index (χ1) is 8.83. The summed E-state index contributed by atoms with van der Waals surface area (Å²) in [6.45, 7) is 0.809. The lowest BCUT2D eigenvalue weighted by Gasteiger charge is -2.12. The summed E-state index contributed by atoms with van der Waals surface area (Å²) >= 11 is 0. The van der Waals surface area contributed by atoms with Crippen molar-refractivity contribution in [3.8, 4) is 5.75 Å². The number of nitrogens with two attached hydrogens (primary N) is 1. The zero-order valence-corrected chi connectivity index (χ0v) is 10.3. The van der Waals surface area contributed by atoms with Crippen LogP contribution in [0.4, 0.5) is 0 Å². The molecule has 1 atom stereocenters. The fraction of sp³-hybridized carbons (Fsp3) is 0.250. The van der Waals surface area contributed by atoms with Gasteiger partial charge in [-0.2, -0.15) is 0 Å². The van der Waals surface area contributed by atoms with Crippen LogP contribution in [0.3, 0.4) is 0 Å². The number of ether oxygens (including phenoxy) is 1. The maximum atomic E-state index is 6.24. The molecule has 0 aromatic heterocycles. The van der Waals surface area contributed by atoms with Gasteiger partial charge in [-0.25, -0.2) is 0 Å². The van der Waals surface area contributed by atoms with Gasteiger partial charge in [0.2, 0.25) is 0 Å². The fourth-order valence-electron chi connectivity index (χ4n) is 2.44. The van der Waals surface area contributed by atoms with Gasteiger partial charge in [0, 0.05) is 12.5 Å². The molecule has 2 N–H and O–H groups in total. The predicted molar refractivity (Wildman–Crippen MR) is 72.7 cm³/mol. The molecule has 18 heavy (non-hydrogen) atoms. The molecule has 0 bridgehead atoms. The monoisotopic (exact) mass is 239 g/mol. The highest BCUT2D eigenvalue weighted by atomic mass is 16.5. The summed E-state index contributed by atoms with van der Waals surface area (Å²) in [6.07, 6.45) is 1.89. The van der Waals surface area contributed by atoms with Gasteiger partial charge < -0.3 is 10.5 Å². The molecule has 1 aliphatic heterocycles. The number of hydrogen-bond donors (Lipinski definition) is 1. The maximum absolute atomic E-state index is 6.24. The Kier molecular flexibility index (Phi) is 3.03. The van der Waals surface area contributed by atoms with Crippen molar-refractivity contribution in [2.24, 2.45) is 5.73 Å². The first-order valence-electron chi connectivity index (χ1n) is 6.38. The second kappa shape index (κ2) is 4.83. The molecule has 1 aliphatic rings. The van der Waals surface area contributed by atoms with Crippen LogP contribution in [0.25, 0.3) is 0 Å². The third kappa shape index (κ3) is 2.24. The second-order valence-electron chi connectivity index (χ2n) is 4.76. The highest BCUT2D eigenvalue weighted by Gasteiger charge is 2.13. The lowest BCUT2D eigenvalue weighted by atomic mass is 9.98. The van der Waals surface area contributed by atoms with Gasteiger partial charge in [-0.15, -0.1) is 0 Å². The minimum Gasteiger partial charge on any atom is -0.493 e. The standard InChI is InChI=1S/C16H17NO/c17-15(13-4-2-1-3-5-13)11-12-6-7-16-14(10-12)8-9-18-16/h1-7,10,15H,8-9,11,17H2. The van der Waals surface area contributed by atoms with Crippen LogP contribution in [0.15, 0.2) is 48.5 Å². The topological polar surface area (TPSA) is 35.2 Å². The number of fused-ring (bicyclic) bond motifs is 1. The van der Waals surface area contributed by atoms with Crippen molar-refractivity contribution in [2.75, 3.05) is 6.61 Å². The zero-order chi connectivity index (χ0) is 12.4. The van der Waals surface area contributed by atoms with E-state index in [1.165, 1.54) is 16.7 Å². The first-order valence-corrected chi connectivity index (χ1v) is 6.38. The van der Waals surface area contributed by atoms with E-state index < -0.39 is 0 Å². The van der Waals surface area contributed by atoms with Crippen LogP contribution in [-0.2, 0) is 12.8 Å². The summed E-state index contributed by atoms with van der Waals surface area (Å²) in [7, 11) is 0. The van der Waals surface area contributed by atoms with Gasteiger partial charge in [-0.05, 0) is 29.2 Å². The van der Waals surface area contributed by atoms with Gasteiger partial charge >= 0.3 is 0 Å². The molecule has 2 aromatic carbocycles. The van der Waals surface area contributed by atoms with Crippen molar-refractivity contribution < 1.29 is 4.74 Å². The van der Waals surface area contributed by atoms with Crippen LogP contribution in [0.5, 0.6) is 5.75 Å². The summed E-state index contributed by atoms with van der Waals surface area (Å²) in [4.78, 5) is 0. The summed E-state index contributed by atoms with van der Waals surface area (Å²) in [5.41, 5.74) is 10.0. The Morgan fingerprint density at radius 3 is 2.78 bits per heavy atom. The minimum absolute atomic E-state index is 0.0616. The molecule has 1 heterocycles. The van der Waals surface area contributed by atoms with Crippen LogP contribution >= 0.6 is 0 Å².